The second kappa shape index (κ2) is 5.24. The molecule has 0 aliphatic heterocycles. The predicted octanol–water partition coefficient (Wildman–Crippen LogP) is 0.497. The highest BCUT2D eigenvalue weighted by Crippen LogP contribution is 2.15. The molecule has 0 aliphatic carbocycles. The van der Waals surface area contributed by atoms with Crippen LogP contribution in [0, 0.1) is 12.7 Å². The molecule has 0 spiro atoms. The maximum atomic E-state index is 13.6. The summed E-state index contributed by atoms with van der Waals surface area (Å²) >= 11 is 0. The molecular weight excluding hydrogens is 213 g/mol. The van der Waals surface area contributed by atoms with Crippen molar-refractivity contribution < 1.29 is 9.60 Å². The summed E-state index contributed by atoms with van der Waals surface area (Å²) in [6.07, 6.45) is 1.63. The number of halogens is 1. The number of oxime groups is 1. The quantitative estimate of drug-likeness (QED) is 0.338. The van der Waals surface area contributed by atoms with Crippen molar-refractivity contribution in [2.75, 3.05) is 18.5 Å². The van der Waals surface area contributed by atoms with E-state index in [-0.39, 0.29) is 11.7 Å². The summed E-state index contributed by atoms with van der Waals surface area (Å²) in [5, 5.41) is 11.2. The SMILES string of the molecule is Cc1ncnc(N(C)CCC(N)=NO)c1F. The van der Waals surface area contributed by atoms with Crippen LogP contribution in [-0.4, -0.2) is 34.6 Å². The average Bonchev–Trinajstić information content (AvgIpc) is 2.29. The van der Waals surface area contributed by atoms with Crippen molar-refractivity contribution in [1.82, 2.24) is 9.97 Å². The first-order valence-corrected chi connectivity index (χ1v) is 4.71. The van der Waals surface area contributed by atoms with Crippen LogP contribution in [0.3, 0.4) is 0 Å². The number of hydrogen-bond donors (Lipinski definition) is 2. The summed E-state index contributed by atoms with van der Waals surface area (Å²) in [5.41, 5.74) is 5.61. The van der Waals surface area contributed by atoms with E-state index in [9.17, 15) is 4.39 Å². The molecule has 0 saturated heterocycles. The van der Waals surface area contributed by atoms with Gasteiger partial charge in [0.15, 0.2) is 11.6 Å². The first-order valence-electron chi connectivity index (χ1n) is 4.71. The van der Waals surface area contributed by atoms with E-state index in [1.165, 1.54) is 6.33 Å². The maximum absolute atomic E-state index is 13.6. The van der Waals surface area contributed by atoms with Crippen molar-refractivity contribution in [3.63, 3.8) is 0 Å². The third kappa shape index (κ3) is 2.78. The highest BCUT2D eigenvalue weighted by molar-refractivity contribution is 5.80. The van der Waals surface area contributed by atoms with E-state index >= 15 is 0 Å². The van der Waals surface area contributed by atoms with Crippen LogP contribution in [0.4, 0.5) is 10.2 Å². The van der Waals surface area contributed by atoms with Crippen molar-refractivity contribution in [3.8, 4) is 0 Å². The van der Waals surface area contributed by atoms with E-state index in [1.54, 1.807) is 18.9 Å². The minimum atomic E-state index is -0.454. The lowest BCUT2D eigenvalue weighted by Gasteiger charge is -2.18. The molecule has 0 aliphatic rings. The van der Waals surface area contributed by atoms with Gasteiger partial charge in [0.25, 0.3) is 0 Å². The third-order valence-corrected chi connectivity index (χ3v) is 2.14. The summed E-state index contributed by atoms with van der Waals surface area (Å²) in [5.74, 6) is -0.152. The molecule has 88 valence electrons. The Morgan fingerprint density at radius 3 is 2.94 bits per heavy atom. The van der Waals surface area contributed by atoms with Crippen molar-refractivity contribution in [1.29, 1.82) is 0 Å². The molecule has 6 nitrogen and oxygen atoms in total. The van der Waals surface area contributed by atoms with Crippen LogP contribution in [0.2, 0.25) is 0 Å². The van der Waals surface area contributed by atoms with E-state index in [0.29, 0.717) is 18.7 Å². The molecular formula is C9H14FN5O. The molecule has 1 heterocycles. The molecule has 0 aromatic carbocycles. The lowest BCUT2D eigenvalue weighted by molar-refractivity contribution is 0.317. The van der Waals surface area contributed by atoms with Gasteiger partial charge in [-0.15, -0.1) is 0 Å². The fraction of sp³-hybridized carbons (Fsp3) is 0.444. The largest absolute Gasteiger partial charge is 0.409 e. The molecule has 0 amide bonds. The molecule has 3 N–H and O–H groups in total. The van der Waals surface area contributed by atoms with E-state index in [1.807, 2.05) is 0 Å². The molecule has 0 radical (unpaired) electrons. The van der Waals surface area contributed by atoms with Crippen LogP contribution in [-0.2, 0) is 0 Å². The standard InChI is InChI=1S/C9H14FN5O/c1-6-8(10)9(13-5-12-6)15(2)4-3-7(11)14-16/h5,16H,3-4H2,1-2H3,(H2,11,14). The van der Waals surface area contributed by atoms with E-state index in [2.05, 4.69) is 15.1 Å². The molecule has 0 unspecified atom stereocenters. The molecule has 0 saturated carbocycles. The highest BCUT2D eigenvalue weighted by atomic mass is 19.1. The van der Waals surface area contributed by atoms with Gasteiger partial charge in [0.2, 0.25) is 0 Å². The molecule has 1 rings (SSSR count). The van der Waals surface area contributed by atoms with Gasteiger partial charge in [0, 0.05) is 20.0 Å². The van der Waals surface area contributed by atoms with Crippen molar-refractivity contribution in [2.24, 2.45) is 10.9 Å². The fourth-order valence-electron chi connectivity index (χ4n) is 1.15. The molecule has 0 fully saturated rings. The Bertz CT molecular complexity index is 395. The van der Waals surface area contributed by atoms with E-state index < -0.39 is 5.82 Å². The van der Waals surface area contributed by atoms with Gasteiger partial charge in [-0.2, -0.15) is 0 Å². The minimum absolute atomic E-state index is 0.0954. The zero-order valence-corrected chi connectivity index (χ0v) is 9.18. The van der Waals surface area contributed by atoms with Gasteiger partial charge >= 0.3 is 0 Å². The second-order valence-corrected chi connectivity index (χ2v) is 3.36. The van der Waals surface area contributed by atoms with Crippen LogP contribution >= 0.6 is 0 Å². The predicted molar refractivity (Wildman–Crippen MR) is 58.0 cm³/mol. The topological polar surface area (TPSA) is 87.6 Å². The van der Waals surface area contributed by atoms with Crippen LogP contribution < -0.4 is 10.6 Å². The number of nitrogens with zero attached hydrogens (tertiary/aromatic N) is 4. The van der Waals surface area contributed by atoms with Crippen LogP contribution in [0.5, 0.6) is 0 Å². The van der Waals surface area contributed by atoms with Gasteiger partial charge in [0.05, 0.1) is 5.69 Å². The minimum Gasteiger partial charge on any atom is -0.409 e. The first-order chi connectivity index (χ1) is 7.56. The van der Waals surface area contributed by atoms with Gasteiger partial charge in [-0.3, -0.25) is 0 Å². The monoisotopic (exact) mass is 227 g/mol. The molecule has 0 atom stereocenters. The van der Waals surface area contributed by atoms with Gasteiger partial charge < -0.3 is 15.8 Å². The number of nitrogens with two attached hydrogens (primary N) is 1. The summed E-state index contributed by atoms with van der Waals surface area (Å²) in [4.78, 5) is 9.16. The number of aryl methyl sites for hydroxylation is 1. The Morgan fingerprint density at radius 2 is 2.31 bits per heavy atom. The van der Waals surface area contributed by atoms with Crippen molar-refractivity contribution in [3.05, 3.63) is 17.8 Å². The second-order valence-electron chi connectivity index (χ2n) is 3.36. The Morgan fingerprint density at radius 1 is 1.62 bits per heavy atom. The van der Waals surface area contributed by atoms with Crippen molar-refractivity contribution >= 4 is 11.7 Å². The Hall–Kier alpha value is -1.92. The smallest absolute Gasteiger partial charge is 0.186 e. The summed E-state index contributed by atoms with van der Waals surface area (Å²) in [7, 11) is 1.68. The van der Waals surface area contributed by atoms with Crippen LogP contribution in [0.25, 0.3) is 0 Å². The summed E-state index contributed by atoms with van der Waals surface area (Å²) in [6.45, 7) is 1.97. The average molecular weight is 227 g/mol. The molecule has 7 heteroatoms. The van der Waals surface area contributed by atoms with E-state index in [4.69, 9.17) is 10.9 Å². The Labute approximate surface area is 92.6 Å². The van der Waals surface area contributed by atoms with Crippen molar-refractivity contribution in [2.45, 2.75) is 13.3 Å². The number of anilines is 1. The van der Waals surface area contributed by atoms with Gasteiger partial charge in [-0.25, -0.2) is 14.4 Å². The zero-order valence-electron chi connectivity index (χ0n) is 9.18. The lowest BCUT2D eigenvalue weighted by atomic mass is 10.3. The summed E-state index contributed by atoms with van der Waals surface area (Å²) in [6, 6.07) is 0. The lowest BCUT2D eigenvalue weighted by Crippen LogP contribution is -2.26. The number of amidine groups is 1. The Balaban J connectivity index is 2.73. The van der Waals surface area contributed by atoms with Crippen LogP contribution in [0.1, 0.15) is 12.1 Å². The number of aromatic nitrogens is 2. The maximum Gasteiger partial charge on any atom is 0.186 e. The van der Waals surface area contributed by atoms with Gasteiger partial charge in [0.1, 0.15) is 12.2 Å². The highest BCUT2D eigenvalue weighted by Gasteiger charge is 2.12. The van der Waals surface area contributed by atoms with Gasteiger partial charge in [-0.1, -0.05) is 5.16 Å². The molecule has 16 heavy (non-hydrogen) atoms. The summed E-state index contributed by atoms with van der Waals surface area (Å²) < 4.78 is 13.6. The normalized spacial score (nSPS) is 11.6. The van der Waals surface area contributed by atoms with E-state index in [0.717, 1.165) is 0 Å². The third-order valence-electron chi connectivity index (χ3n) is 2.14. The Kier molecular flexibility index (Phi) is 3.98. The van der Waals surface area contributed by atoms with Crippen LogP contribution in [0.15, 0.2) is 11.5 Å². The molecule has 1 aromatic rings. The fourth-order valence-corrected chi connectivity index (χ4v) is 1.15. The first kappa shape index (κ1) is 12.2. The molecule has 0 bridgehead atoms. The molecule has 1 aromatic heterocycles. The number of hydrogen-bond acceptors (Lipinski definition) is 5. The van der Waals surface area contributed by atoms with Gasteiger partial charge in [-0.05, 0) is 6.92 Å². The number of rotatable bonds is 4. The zero-order chi connectivity index (χ0) is 12.1.